The Bertz CT molecular complexity index is 955. The van der Waals surface area contributed by atoms with E-state index < -0.39 is 0 Å². The number of hydrogen-bond acceptors (Lipinski definition) is 5. The second-order valence-corrected chi connectivity index (χ2v) is 7.79. The molecule has 1 aliphatic heterocycles. The van der Waals surface area contributed by atoms with Crippen LogP contribution in [0.3, 0.4) is 0 Å². The molecule has 1 amide bonds. The van der Waals surface area contributed by atoms with Crippen molar-refractivity contribution < 1.29 is 4.79 Å². The maximum absolute atomic E-state index is 13.1. The van der Waals surface area contributed by atoms with E-state index in [1.807, 2.05) is 41.9 Å². The van der Waals surface area contributed by atoms with Crippen molar-refractivity contribution in [1.29, 1.82) is 0 Å². The van der Waals surface area contributed by atoms with Crippen molar-refractivity contribution in [2.75, 3.05) is 10.7 Å². The lowest BCUT2D eigenvalue weighted by Crippen LogP contribution is -2.41. The Kier molecular flexibility index (Phi) is 5.34. The van der Waals surface area contributed by atoms with Gasteiger partial charge in [-0.1, -0.05) is 68.1 Å². The molecule has 2 N–H and O–H groups in total. The molecule has 3 aromatic rings. The maximum atomic E-state index is 13.1. The smallest absolute Gasteiger partial charge is 0.240 e. The SMILES string of the molecule is CCc1ccc([C@@H]2Nn3c(CC)nnc3S[C@H]2C(=O)Nc2ccccc2)cc1. The van der Waals surface area contributed by atoms with Crippen LogP contribution in [0.4, 0.5) is 5.69 Å². The largest absolute Gasteiger partial charge is 0.325 e. The first-order chi connectivity index (χ1) is 13.7. The third-order valence-electron chi connectivity index (χ3n) is 4.87. The monoisotopic (exact) mass is 393 g/mol. The Labute approximate surface area is 168 Å². The van der Waals surface area contributed by atoms with Gasteiger partial charge in [-0.3, -0.25) is 4.79 Å². The minimum atomic E-state index is -0.367. The van der Waals surface area contributed by atoms with Crippen LogP contribution >= 0.6 is 11.8 Å². The van der Waals surface area contributed by atoms with E-state index in [1.165, 1.54) is 17.3 Å². The van der Waals surface area contributed by atoms with Crippen molar-refractivity contribution in [3.8, 4) is 0 Å². The van der Waals surface area contributed by atoms with E-state index in [0.29, 0.717) is 5.16 Å². The summed E-state index contributed by atoms with van der Waals surface area (Å²) in [6, 6.07) is 17.8. The first-order valence-electron chi connectivity index (χ1n) is 9.51. The number of fused-ring (bicyclic) bond motifs is 1. The molecule has 0 unspecified atom stereocenters. The van der Waals surface area contributed by atoms with Crippen LogP contribution in [0.5, 0.6) is 0 Å². The zero-order valence-corrected chi connectivity index (χ0v) is 16.7. The van der Waals surface area contributed by atoms with Gasteiger partial charge in [-0.15, -0.1) is 10.2 Å². The fourth-order valence-corrected chi connectivity index (χ4v) is 4.37. The van der Waals surface area contributed by atoms with Gasteiger partial charge in [0.2, 0.25) is 11.1 Å². The number of thioether (sulfide) groups is 1. The number of rotatable bonds is 5. The van der Waals surface area contributed by atoms with Gasteiger partial charge in [0.1, 0.15) is 5.25 Å². The number of carbonyl (C=O) groups excluding carboxylic acids is 1. The normalized spacial score (nSPS) is 18.2. The first-order valence-corrected chi connectivity index (χ1v) is 10.4. The summed E-state index contributed by atoms with van der Waals surface area (Å²) in [5.74, 6) is 0.806. The molecule has 1 aliphatic rings. The maximum Gasteiger partial charge on any atom is 0.240 e. The van der Waals surface area contributed by atoms with Crippen LogP contribution in [-0.4, -0.2) is 26.0 Å². The number of nitrogens with zero attached hydrogens (tertiary/aromatic N) is 3. The minimum absolute atomic E-state index is 0.0550. The Morgan fingerprint density at radius 3 is 2.50 bits per heavy atom. The Hall–Kier alpha value is -2.80. The second-order valence-electron chi connectivity index (χ2n) is 6.68. The number of anilines is 1. The molecule has 28 heavy (non-hydrogen) atoms. The van der Waals surface area contributed by atoms with Crippen molar-refractivity contribution in [1.82, 2.24) is 14.9 Å². The van der Waals surface area contributed by atoms with Gasteiger partial charge in [-0.05, 0) is 29.7 Å². The van der Waals surface area contributed by atoms with Crippen LogP contribution in [-0.2, 0) is 17.6 Å². The van der Waals surface area contributed by atoms with Crippen molar-refractivity contribution in [3.05, 3.63) is 71.5 Å². The average Bonchev–Trinajstić information content (AvgIpc) is 3.15. The number of amides is 1. The number of aryl methyl sites for hydroxylation is 2. The van der Waals surface area contributed by atoms with Gasteiger partial charge in [0, 0.05) is 12.1 Å². The van der Waals surface area contributed by atoms with Gasteiger partial charge >= 0.3 is 0 Å². The number of benzene rings is 2. The van der Waals surface area contributed by atoms with E-state index in [2.05, 4.69) is 52.1 Å². The predicted molar refractivity (Wildman–Crippen MR) is 112 cm³/mol. The van der Waals surface area contributed by atoms with E-state index in [0.717, 1.165) is 29.9 Å². The average molecular weight is 394 g/mol. The summed E-state index contributed by atoms with van der Waals surface area (Å²) in [6.07, 6.45) is 1.75. The van der Waals surface area contributed by atoms with E-state index in [4.69, 9.17) is 0 Å². The minimum Gasteiger partial charge on any atom is -0.325 e. The summed E-state index contributed by atoms with van der Waals surface area (Å²) in [5.41, 5.74) is 6.61. The molecule has 6 nitrogen and oxygen atoms in total. The Morgan fingerprint density at radius 1 is 1.07 bits per heavy atom. The summed E-state index contributed by atoms with van der Waals surface area (Å²) < 4.78 is 1.91. The first kappa shape index (κ1) is 18.6. The Balaban J connectivity index is 1.67. The van der Waals surface area contributed by atoms with Crippen LogP contribution in [0, 0.1) is 0 Å². The van der Waals surface area contributed by atoms with Gasteiger partial charge in [-0.25, -0.2) is 4.68 Å². The molecule has 144 valence electrons. The highest BCUT2D eigenvalue weighted by atomic mass is 32.2. The third kappa shape index (κ3) is 3.62. The summed E-state index contributed by atoms with van der Waals surface area (Å²) in [5, 5.41) is 11.9. The molecule has 7 heteroatoms. The lowest BCUT2D eigenvalue weighted by Gasteiger charge is -2.33. The zero-order chi connectivity index (χ0) is 19.5. The van der Waals surface area contributed by atoms with Crippen LogP contribution in [0.15, 0.2) is 59.8 Å². The molecule has 0 bridgehead atoms. The molecule has 0 spiro atoms. The second kappa shape index (κ2) is 8.06. The van der Waals surface area contributed by atoms with Crippen molar-refractivity contribution >= 4 is 23.4 Å². The molecule has 0 fully saturated rings. The summed E-state index contributed by atoms with van der Waals surface area (Å²) >= 11 is 1.45. The molecule has 0 aliphatic carbocycles. The highest BCUT2D eigenvalue weighted by Gasteiger charge is 2.37. The van der Waals surface area contributed by atoms with Gasteiger partial charge in [-0.2, -0.15) is 0 Å². The molecular formula is C21H23N5OS. The molecule has 2 aromatic carbocycles. The van der Waals surface area contributed by atoms with Crippen LogP contribution < -0.4 is 10.7 Å². The highest BCUT2D eigenvalue weighted by Crippen LogP contribution is 2.37. The number of hydrogen-bond donors (Lipinski definition) is 2. The standard InChI is InChI=1S/C21H23N5OS/c1-3-14-10-12-15(13-11-14)18-19(20(27)22-16-8-6-5-7-9-16)28-21-24-23-17(4-2)26(21)25-18/h5-13,18-19,25H,3-4H2,1-2H3,(H,22,27)/t18-,19+/m0/s1. The molecule has 0 saturated carbocycles. The van der Waals surface area contributed by atoms with Gasteiger partial charge in [0.15, 0.2) is 5.82 Å². The number of nitrogens with one attached hydrogen (secondary N) is 2. The van der Waals surface area contributed by atoms with Crippen molar-refractivity contribution in [3.63, 3.8) is 0 Å². The molecule has 1 aromatic heterocycles. The topological polar surface area (TPSA) is 71.8 Å². The number of para-hydroxylation sites is 1. The lowest BCUT2D eigenvalue weighted by atomic mass is 10.0. The zero-order valence-electron chi connectivity index (χ0n) is 15.9. The van der Waals surface area contributed by atoms with E-state index in [9.17, 15) is 4.79 Å². The van der Waals surface area contributed by atoms with Crippen LogP contribution in [0.1, 0.15) is 36.8 Å². The predicted octanol–water partition coefficient (Wildman–Crippen LogP) is 3.80. The number of carbonyl (C=O) groups is 1. The summed E-state index contributed by atoms with van der Waals surface area (Å²) in [4.78, 5) is 13.1. The van der Waals surface area contributed by atoms with E-state index in [-0.39, 0.29) is 17.2 Å². The fraction of sp³-hybridized carbons (Fsp3) is 0.286. The summed E-state index contributed by atoms with van der Waals surface area (Å²) in [7, 11) is 0. The number of aromatic nitrogens is 3. The Morgan fingerprint density at radius 2 is 1.82 bits per heavy atom. The lowest BCUT2D eigenvalue weighted by molar-refractivity contribution is -0.116. The molecule has 2 atom stereocenters. The molecule has 4 rings (SSSR count). The van der Waals surface area contributed by atoms with Crippen LogP contribution in [0.2, 0.25) is 0 Å². The molecular weight excluding hydrogens is 370 g/mol. The molecule has 0 radical (unpaired) electrons. The van der Waals surface area contributed by atoms with Gasteiger partial charge in [0.25, 0.3) is 0 Å². The molecule has 0 saturated heterocycles. The van der Waals surface area contributed by atoms with Crippen molar-refractivity contribution in [2.45, 2.75) is 43.1 Å². The van der Waals surface area contributed by atoms with Gasteiger partial charge < -0.3 is 10.7 Å². The summed E-state index contributed by atoms with van der Waals surface area (Å²) in [6.45, 7) is 4.18. The van der Waals surface area contributed by atoms with Crippen molar-refractivity contribution in [2.24, 2.45) is 0 Å². The van der Waals surface area contributed by atoms with E-state index in [1.54, 1.807) is 0 Å². The fourth-order valence-electron chi connectivity index (χ4n) is 3.27. The quantitative estimate of drug-likeness (QED) is 0.690. The van der Waals surface area contributed by atoms with E-state index >= 15 is 0 Å². The van der Waals surface area contributed by atoms with Gasteiger partial charge in [0.05, 0.1) is 6.04 Å². The third-order valence-corrected chi connectivity index (χ3v) is 6.08. The molecule has 2 heterocycles. The van der Waals surface area contributed by atoms with Crippen LogP contribution in [0.25, 0.3) is 0 Å². The highest BCUT2D eigenvalue weighted by molar-refractivity contribution is 8.00.